The molecule has 102 valence electrons. The average Bonchev–Trinajstić information content (AvgIpc) is 2.38. The molecular formula is C12H7F2N3O2S. The van der Waals surface area contributed by atoms with Crippen molar-refractivity contribution in [1.29, 1.82) is 5.26 Å². The van der Waals surface area contributed by atoms with E-state index in [4.69, 9.17) is 5.26 Å². The van der Waals surface area contributed by atoms with Crippen molar-refractivity contribution in [2.75, 3.05) is 4.72 Å². The summed E-state index contributed by atoms with van der Waals surface area (Å²) in [7, 11) is -4.16. The Balaban J connectivity index is 2.45. The summed E-state index contributed by atoms with van der Waals surface area (Å²) in [4.78, 5) is 2.99. The Labute approximate surface area is 113 Å². The van der Waals surface area contributed by atoms with Crippen LogP contribution in [0.5, 0.6) is 0 Å². The minimum Gasteiger partial charge on any atom is -0.278 e. The number of aromatic nitrogens is 1. The number of hydrogen-bond donors (Lipinski definition) is 1. The molecule has 0 spiro atoms. The molecule has 2 aromatic rings. The third kappa shape index (κ3) is 2.73. The first-order chi connectivity index (χ1) is 9.44. The lowest BCUT2D eigenvalue weighted by Gasteiger charge is -2.09. The van der Waals surface area contributed by atoms with Crippen molar-refractivity contribution in [3.05, 3.63) is 53.9 Å². The van der Waals surface area contributed by atoms with Gasteiger partial charge in [0.1, 0.15) is 28.2 Å². The Morgan fingerprint density at radius 3 is 2.65 bits per heavy atom. The molecule has 20 heavy (non-hydrogen) atoms. The van der Waals surface area contributed by atoms with E-state index in [0.717, 1.165) is 24.5 Å². The lowest BCUT2D eigenvalue weighted by molar-refractivity contribution is 0.592. The maximum atomic E-state index is 13.4. The number of pyridine rings is 1. The minimum absolute atomic E-state index is 0.225. The van der Waals surface area contributed by atoms with Gasteiger partial charge in [-0.15, -0.1) is 0 Å². The summed E-state index contributed by atoms with van der Waals surface area (Å²) in [6, 6.07) is 5.83. The van der Waals surface area contributed by atoms with E-state index < -0.39 is 32.1 Å². The molecule has 0 radical (unpaired) electrons. The van der Waals surface area contributed by atoms with Crippen LogP contribution in [0.1, 0.15) is 5.56 Å². The highest BCUT2D eigenvalue weighted by molar-refractivity contribution is 7.92. The van der Waals surface area contributed by atoms with E-state index in [9.17, 15) is 17.2 Å². The Hall–Kier alpha value is -2.53. The van der Waals surface area contributed by atoms with Gasteiger partial charge in [0.15, 0.2) is 0 Å². The highest BCUT2D eigenvalue weighted by atomic mass is 32.2. The summed E-state index contributed by atoms with van der Waals surface area (Å²) in [5.41, 5.74) is -0.669. The summed E-state index contributed by atoms with van der Waals surface area (Å²) in [6.07, 6.45) is 1.79. The number of hydrogen-bond acceptors (Lipinski definition) is 4. The first kappa shape index (κ1) is 13.9. The van der Waals surface area contributed by atoms with E-state index >= 15 is 0 Å². The molecule has 1 heterocycles. The molecule has 1 aromatic carbocycles. The number of halogens is 2. The van der Waals surface area contributed by atoms with Crippen molar-refractivity contribution in [3.63, 3.8) is 0 Å². The van der Waals surface area contributed by atoms with Gasteiger partial charge in [-0.1, -0.05) is 6.07 Å². The van der Waals surface area contributed by atoms with Crippen molar-refractivity contribution in [2.45, 2.75) is 4.90 Å². The summed E-state index contributed by atoms with van der Waals surface area (Å²) >= 11 is 0. The average molecular weight is 295 g/mol. The summed E-state index contributed by atoms with van der Waals surface area (Å²) in [6.45, 7) is 0. The van der Waals surface area contributed by atoms with Crippen LogP contribution in [0.25, 0.3) is 0 Å². The van der Waals surface area contributed by atoms with Crippen LogP contribution >= 0.6 is 0 Å². The summed E-state index contributed by atoms with van der Waals surface area (Å²) < 4.78 is 52.3. The molecule has 1 N–H and O–H groups in total. The molecule has 0 amide bonds. The molecular weight excluding hydrogens is 288 g/mol. The van der Waals surface area contributed by atoms with Crippen LogP contribution in [-0.4, -0.2) is 13.4 Å². The lowest BCUT2D eigenvalue weighted by Crippen LogP contribution is -2.14. The van der Waals surface area contributed by atoms with Crippen molar-refractivity contribution >= 4 is 15.7 Å². The zero-order valence-corrected chi connectivity index (χ0v) is 10.7. The van der Waals surface area contributed by atoms with Crippen molar-refractivity contribution in [2.24, 2.45) is 0 Å². The number of anilines is 1. The Kier molecular flexibility index (Phi) is 3.63. The van der Waals surface area contributed by atoms with Gasteiger partial charge < -0.3 is 0 Å². The summed E-state index contributed by atoms with van der Waals surface area (Å²) in [5.74, 6) is -1.68. The van der Waals surface area contributed by atoms with Crippen LogP contribution in [-0.2, 0) is 10.0 Å². The molecule has 0 aliphatic carbocycles. The monoisotopic (exact) mass is 295 g/mol. The zero-order chi connectivity index (χ0) is 14.8. The highest BCUT2D eigenvalue weighted by Gasteiger charge is 2.18. The fourth-order valence-corrected chi connectivity index (χ4v) is 2.51. The molecule has 2 rings (SSSR count). The number of sulfonamides is 1. The Morgan fingerprint density at radius 2 is 2.00 bits per heavy atom. The zero-order valence-electron chi connectivity index (χ0n) is 9.84. The highest BCUT2D eigenvalue weighted by Crippen LogP contribution is 2.21. The summed E-state index contributed by atoms with van der Waals surface area (Å²) in [5, 5.41) is 8.81. The predicted octanol–water partition coefficient (Wildman–Crippen LogP) is 2.03. The van der Waals surface area contributed by atoms with Crippen LogP contribution in [0.15, 0.2) is 41.6 Å². The lowest BCUT2D eigenvalue weighted by atomic mass is 10.2. The third-order valence-electron chi connectivity index (χ3n) is 2.36. The van der Waals surface area contributed by atoms with E-state index in [1.165, 1.54) is 12.1 Å². The fraction of sp³-hybridized carbons (Fsp3) is 0. The molecule has 8 heteroatoms. The Bertz CT molecular complexity index is 801. The van der Waals surface area contributed by atoms with Crippen LogP contribution in [0.3, 0.4) is 0 Å². The van der Waals surface area contributed by atoms with E-state index in [2.05, 4.69) is 4.98 Å². The second kappa shape index (κ2) is 5.22. The second-order valence-corrected chi connectivity index (χ2v) is 5.40. The molecule has 1 aromatic heterocycles. The Morgan fingerprint density at radius 1 is 1.25 bits per heavy atom. The molecule has 0 unspecified atom stereocenters. The molecule has 0 aliphatic heterocycles. The third-order valence-corrected chi connectivity index (χ3v) is 3.69. The van der Waals surface area contributed by atoms with E-state index in [1.54, 1.807) is 6.07 Å². The quantitative estimate of drug-likeness (QED) is 0.939. The molecule has 5 nitrogen and oxygen atoms in total. The van der Waals surface area contributed by atoms with Crippen LogP contribution in [0.4, 0.5) is 14.5 Å². The standard InChI is InChI=1S/C12H7F2N3O2S/c13-8-4-9(7-16-6-8)20(18,19)17-12-3-1-2-11(14)10(12)5-15/h1-4,6-7,17H. The number of rotatable bonds is 3. The van der Waals surface area contributed by atoms with Gasteiger partial charge in [0.2, 0.25) is 0 Å². The van der Waals surface area contributed by atoms with Crippen molar-refractivity contribution < 1.29 is 17.2 Å². The van der Waals surface area contributed by atoms with Gasteiger partial charge >= 0.3 is 0 Å². The van der Waals surface area contributed by atoms with Gasteiger partial charge in [-0.3, -0.25) is 9.71 Å². The van der Waals surface area contributed by atoms with E-state index in [-0.39, 0.29) is 5.69 Å². The largest absolute Gasteiger partial charge is 0.278 e. The van der Waals surface area contributed by atoms with Gasteiger partial charge in [-0.25, -0.2) is 17.2 Å². The van der Waals surface area contributed by atoms with E-state index in [1.807, 2.05) is 4.72 Å². The second-order valence-electron chi connectivity index (χ2n) is 3.72. The number of nitriles is 1. The van der Waals surface area contributed by atoms with E-state index in [0.29, 0.717) is 0 Å². The number of nitrogens with one attached hydrogen (secondary N) is 1. The maximum Gasteiger partial charge on any atom is 0.263 e. The molecule has 0 saturated carbocycles. The SMILES string of the molecule is N#Cc1c(F)cccc1NS(=O)(=O)c1cncc(F)c1. The van der Waals surface area contributed by atoms with Gasteiger partial charge in [-0.2, -0.15) is 5.26 Å². The number of nitrogens with zero attached hydrogens (tertiary/aromatic N) is 2. The first-order valence-electron chi connectivity index (χ1n) is 5.26. The normalized spacial score (nSPS) is 10.8. The molecule has 0 saturated heterocycles. The number of benzene rings is 1. The van der Waals surface area contributed by atoms with Crippen LogP contribution < -0.4 is 4.72 Å². The topological polar surface area (TPSA) is 82.9 Å². The maximum absolute atomic E-state index is 13.4. The first-order valence-corrected chi connectivity index (χ1v) is 6.74. The van der Waals surface area contributed by atoms with Crippen molar-refractivity contribution in [3.8, 4) is 6.07 Å². The van der Waals surface area contributed by atoms with Crippen LogP contribution in [0, 0.1) is 23.0 Å². The van der Waals surface area contributed by atoms with Crippen LogP contribution in [0.2, 0.25) is 0 Å². The smallest absolute Gasteiger partial charge is 0.263 e. The van der Waals surface area contributed by atoms with Crippen molar-refractivity contribution in [1.82, 2.24) is 4.98 Å². The van der Waals surface area contributed by atoms with Gasteiger partial charge in [-0.05, 0) is 18.2 Å². The van der Waals surface area contributed by atoms with Gasteiger partial charge in [0.05, 0.1) is 11.9 Å². The molecule has 0 bridgehead atoms. The van der Waals surface area contributed by atoms with Gasteiger partial charge in [0.25, 0.3) is 10.0 Å². The fourth-order valence-electron chi connectivity index (χ4n) is 1.47. The molecule has 0 fully saturated rings. The van der Waals surface area contributed by atoms with Gasteiger partial charge in [0, 0.05) is 6.20 Å². The molecule has 0 aliphatic rings. The molecule has 0 atom stereocenters. The predicted molar refractivity (Wildman–Crippen MR) is 66.1 cm³/mol. The minimum atomic E-state index is -4.16.